The molecule has 1 saturated heterocycles. The van der Waals surface area contributed by atoms with E-state index in [-0.39, 0.29) is 0 Å². The Hall–Kier alpha value is -0.0800. The van der Waals surface area contributed by atoms with Gasteiger partial charge in [-0.3, -0.25) is 0 Å². The van der Waals surface area contributed by atoms with Gasteiger partial charge in [-0.2, -0.15) is 0 Å². The van der Waals surface area contributed by atoms with E-state index in [1.54, 1.807) is 0 Å². The average molecular weight is 168 g/mol. The van der Waals surface area contributed by atoms with Crippen LogP contribution in [0.1, 0.15) is 19.3 Å². The van der Waals surface area contributed by atoms with Crippen molar-refractivity contribution in [3.05, 3.63) is 6.42 Å². The normalized spacial score (nSPS) is 24.8. The fraction of sp³-hybridized carbons (Fsp3) is 0.900. The highest BCUT2D eigenvalue weighted by Crippen LogP contribution is 2.15. The zero-order valence-corrected chi connectivity index (χ0v) is 8.29. The summed E-state index contributed by atoms with van der Waals surface area (Å²) >= 11 is 0. The lowest BCUT2D eigenvalue weighted by Gasteiger charge is -2.21. The highest BCUT2D eigenvalue weighted by molar-refractivity contribution is 4.83. The van der Waals surface area contributed by atoms with Gasteiger partial charge in [0.25, 0.3) is 0 Å². The monoisotopic (exact) mass is 168 g/mol. The summed E-state index contributed by atoms with van der Waals surface area (Å²) in [5.74, 6) is 0.777. The van der Waals surface area contributed by atoms with Crippen molar-refractivity contribution in [1.82, 2.24) is 10.2 Å². The second-order valence-corrected chi connectivity index (χ2v) is 3.86. The van der Waals surface area contributed by atoms with Gasteiger partial charge in [0.15, 0.2) is 0 Å². The minimum absolute atomic E-state index is 0.777. The van der Waals surface area contributed by atoms with Gasteiger partial charge in [0.05, 0.1) is 0 Å². The number of hydrogen-bond donors (Lipinski definition) is 0. The first-order valence-electron chi connectivity index (χ1n) is 4.90. The molecule has 1 atom stereocenters. The first-order valence-corrected chi connectivity index (χ1v) is 4.90. The summed E-state index contributed by atoms with van der Waals surface area (Å²) in [6.07, 6.45) is 6.28. The topological polar surface area (TPSA) is 17.3 Å². The molecule has 1 fully saturated rings. The molecule has 1 rings (SSSR count). The molecule has 2 radical (unpaired) electrons. The first kappa shape index (κ1) is 10.0. The van der Waals surface area contributed by atoms with Crippen LogP contribution in [0.2, 0.25) is 0 Å². The number of rotatable bonds is 4. The van der Waals surface area contributed by atoms with Crippen LogP contribution in [-0.2, 0) is 0 Å². The van der Waals surface area contributed by atoms with Crippen molar-refractivity contribution in [2.75, 3.05) is 33.7 Å². The fourth-order valence-corrected chi connectivity index (χ4v) is 1.61. The van der Waals surface area contributed by atoms with Crippen molar-refractivity contribution < 1.29 is 0 Å². The maximum absolute atomic E-state index is 4.41. The highest BCUT2D eigenvalue weighted by atomic mass is 15.0. The Morgan fingerprint density at radius 1 is 1.50 bits per heavy atom. The molecule has 0 saturated carbocycles. The Morgan fingerprint density at radius 2 is 2.33 bits per heavy atom. The Labute approximate surface area is 76.3 Å². The van der Waals surface area contributed by atoms with E-state index in [4.69, 9.17) is 0 Å². The molecule has 70 valence electrons. The largest absolute Gasteiger partial charge is 0.309 e. The quantitative estimate of drug-likeness (QED) is 0.615. The molecule has 0 aromatic heterocycles. The predicted molar refractivity (Wildman–Crippen MR) is 52.1 cm³/mol. The van der Waals surface area contributed by atoms with E-state index in [2.05, 4.69) is 30.7 Å². The second-order valence-electron chi connectivity index (χ2n) is 3.86. The van der Waals surface area contributed by atoms with Crippen LogP contribution in [0, 0.1) is 12.3 Å². The van der Waals surface area contributed by atoms with Crippen LogP contribution >= 0.6 is 0 Å². The van der Waals surface area contributed by atoms with Gasteiger partial charge in [0, 0.05) is 13.1 Å². The Bertz CT molecular complexity index is 106. The third-order valence-corrected chi connectivity index (χ3v) is 2.33. The Morgan fingerprint density at radius 3 is 2.92 bits per heavy atom. The summed E-state index contributed by atoms with van der Waals surface area (Å²) in [4.78, 5) is 2.25. The van der Waals surface area contributed by atoms with Crippen LogP contribution in [0.5, 0.6) is 0 Å². The van der Waals surface area contributed by atoms with Crippen molar-refractivity contribution in [3.63, 3.8) is 0 Å². The van der Waals surface area contributed by atoms with Crippen LogP contribution in [0.4, 0.5) is 0 Å². The van der Waals surface area contributed by atoms with E-state index in [1.807, 2.05) is 0 Å². The Kier molecular flexibility index (Phi) is 4.62. The van der Waals surface area contributed by atoms with Gasteiger partial charge in [-0.05, 0) is 52.2 Å². The zero-order valence-electron chi connectivity index (χ0n) is 8.29. The van der Waals surface area contributed by atoms with E-state index in [1.165, 1.54) is 25.8 Å². The van der Waals surface area contributed by atoms with Gasteiger partial charge >= 0.3 is 0 Å². The molecule has 2 nitrogen and oxygen atoms in total. The molecule has 0 aromatic rings. The first-order chi connectivity index (χ1) is 5.79. The van der Waals surface area contributed by atoms with Crippen molar-refractivity contribution >= 4 is 0 Å². The minimum Gasteiger partial charge on any atom is -0.309 e. The molecule has 1 unspecified atom stereocenters. The molecule has 0 amide bonds. The number of piperidine rings is 1. The van der Waals surface area contributed by atoms with Gasteiger partial charge in [0.2, 0.25) is 0 Å². The maximum Gasteiger partial charge on any atom is 0.0164 e. The van der Waals surface area contributed by atoms with Crippen molar-refractivity contribution in [2.45, 2.75) is 19.3 Å². The smallest absolute Gasteiger partial charge is 0.0164 e. The molecule has 0 spiro atoms. The lowest BCUT2D eigenvalue weighted by Crippen LogP contribution is -2.25. The molecule has 0 aromatic carbocycles. The molecule has 1 heterocycles. The van der Waals surface area contributed by atoms with E-state index in [0.29, 0.717) is 0 Å². The standard InChI is InChI=1S/C10H20N2/c1-12(2)8-4-6-10-5-3-7-11-9-10/h5,10H,3-4,6-9H2,1-2H3. The predicted octanol–water partition coefficient (Wildman–Crippen LogP) is 1.16. The average Bonchev–Trinajstić information content (AvgIpc) is 2.05. The fourth-order valence-electron chi connectivity index (χ4n) is 1.61. The summed E-state index contributed by atoms with van der Waals surface area (Å²) in [5, 5.41) is 4.41. The van der Waals surface area contributed by atoms with E-state index in [0.717, 1.165) is 19.0 Å². The molecule has 0 aliphatic carbocycles. The van der Waals surface area contributed by atoms with Gasteiger partial charge in [-0.15, -0.1) is 0 Å². The molecule has 12 heavy (non-hydrogen) atoms. The third-order valence-electron chi connectivity index (χ3n) is 2.33. The maximum atomic E-state index is 4.41. The summed E-state index contributed by atoms with van der Waals surface area (Å²) in [7, 11) is 4.27. The van der Waals surface area contributed by atoms with Crippen molar-refractivity contribution in [3.8, 4) is 0 Å². The van der Waals surface area contributed by atoms with Gasteiger partial charge in [-0.1, -0.05) is 0 Å². The minimum atomic E-state index is 0.777. The third kappa shape index (κ3) is 4.07. The summed E-state index contributed by atoms with van der Waals surface area (Å²) < 4.78 is 0. The number of nitrogens with zero attached hydrogens (tertiary/aromatic N) is 2. The molecule has 1 aliphatic rings. The highest BCUT2D eigenvalue weighted by Gasteiger charge is 2.13. The van der Waals surface area contributed by atoms with Gasteiger partial charge in [0.1, 0.15) is 0 Å². The van der Waals surface area contributed by atoms with Crippen LogP contribution in [0.3, 0.4) is 0 Å². The SMILES string of the molecule is CN(C)CCCC1[CH]CC[N]C1. The van der Waals surface area contributed by atoms with Crippen LogP contribution in [0.15, 0.2) is 0 Å². The van der Waals surface area contributed by atoms with E-state index >= 15 is 0 Å². The van der Waals surface area contributed by atoms with Crippen LogP contribution in [-0.4, -0.2) is 38.6 Å². The molecule has 2 heteroatoms. The summed E-state index contributed by atoms with van der Waals surface area (Å²) in [6.45, 7) is 3.35. The number of hydrogen-bond acceptors (Lipinski definition) is 1. The van der Waals surface area contributed by atoms with E-state index in [9.17, 15) is 0 Å². The second kappa shape index (κ2) is 5.55. The molecular weight excluding hydrogens is 148 g/mol. The van der Waals surface area contributed by atoms with Crippen molar-refractivity contribution in [1.29, 1.82) is 0 Å². The van der Waals surface area contributed by atoms with Crippen LogP contribution < -0.4 is 5.32 Å². The van der Waals surface area contributed by atoms with E-state index < -0.39 is 0 Å². The lowest BCUT2D eigenvalue weighted by atomic mass is 9.95. The molecular formula is C10H20N2. The van der Waals surface area contributed by atoms with Crippen LogP contribution in [0.25, 0.3) is 0 Å². The summed E-state index contributed by atoms with van der Waals surface area (Å²) in [6, 6.07) is 0. The van der Waals surface area contributed by atoms with Gasteiger partial charge in [-0.25, -0.2) is 5.32 Å². The lowest BCUT2D eigenvalue weighted by molar-refractivity contribution is 0.358. The summed E-state index contributed by atoms with van der Waals surface area (Å²) in [5.41, 5.74) is 0. The molecule has 0 bridgehead atoms. The molecule has 1 aliphatic heterocycles. The zero-order chi connectivity index (χ0) is 8.81. The van der Waals surface area contributed by atoms with Gasteiger partial charge < -0.3 is 4.90 Å². The molecule has 0 N–H and O–H groups in total. The van der Waals surface area contributed by atoms with Crippen molar-refractivity contribution in [2.24, 2.45) is 5.92 Å². The Balaban J connectivity index is 1.98.